The molecule has 24 heavy (non-hydrogen) atoms. The number of hydrogen-bond acceptors (Lipinski definition) is 2. The van der Waals surface area contributed by atoms with E-state index in [2.05, 4.69) is 65.4 Å². The van der Waals surface area contributed by atoms with Crippen molar-refractivity contribution in [1.29, 1.82) is 0 Å². The molecule has 0 saturated carbocycles. The van der Waals surface area contributed by atoms with E-state index in [1.54, 1.807) is 0 Å². The van der Waals surface area contributed by atoms with E-state index in [1.807, 2.05) is 25.1 Å². The van der Waals surface area contributed by atoms with Crippen molar-refractivity contribution in [2.24, 2.45) is 5.92 Å². The van der Waals surface area contributed by atoms with Gasteiger partial charge in [-0.1, -0.05) is 19.9 Å². The van der Waals surface area contributed by atoms with Gasteiger partial charge in [0, 0.05) is 27.9 Å². The van der Waals surface area contributed by atoms with Gasteiger partial charge < -0.3 is 5.32 Å². The number of hydrogen-bond donors (Lipinski definition) is 1. The van der Waals surface area contributed by atoms with Crippen molar-refractivity contribution in [3.05, 3.63) is 44.3 Å². The summed E-state index contributed by atoms with van der Waals surface area (Å²) >= 11 is 2.29. The molecule has 1 heterocycles. The van der Waals surface area contributed by atoms with Gasteiger partial charge in [0.1, 0.15) is 0 Å². The van der Waals surface area contributed by atoms with Crippen LogP contribution in [-0.4, -0.2) is 15.7 Å². The average molecular weight is 439 g/mol. The molecule has 1 amide bonds. The Balaban J connectivity index is 1.98. The Morgan fingerprint density at radius 2 is 2.00 bits per heavy atom. The van der Waals surface area contributed by atoms with Crippen molar-refractivity contribution in [2.75, 3.05) is 5.32 Å². The van der Waals surface area contributed by atoms with Crippen molar-refractivity contribution < 1.29 is 4.79 Å². The van der Waals surface area contributed by atoms with E-state index in [4.69, 9.17) is 0 Å². The van der Waals surface area contributed by atoms with Gasteiger partial charge in [-0.3, -0.25) is 9.48 Å². The Kier molecular flexibility index (Phi) is 6.43. The van der Waals surface area contributed by atoms with E-state index in [-0.39, 0.29) is 5.91 Å². The van der Waals surface area contributed by atoms with E-state index >= 15 is 0 Å². The summed E-state index contributed by atoms with van der Waals surface area (Å²) in [5.74, 6) is 0.605. The molecular weight excluding hydrogens is 413 g/mol. The number of aryl methyl sites for hydroxylation is 2. The third kappa shape index (κ3) is 4.82. The van der Waals surface area contributed by atoms with Gasteiger partial charge in [0.25, 0.3) is 0 Å². The van der Waals surface area contributed by atoms with Crippen LogP contribution >= 0.6 is 22.6 Å². The number of anilines is 1. The number of amides is 1. The van der Waals surface area contributed by atoms with E-state index in [1.165, 1.54) is 16.8 Å². The summed E-state index contributed by atoms with van der Waals surface area (Å²) in [7, 11) is 0. The zero-order valence-corrected chi connectivity index (χ0v) is 17.3. The summed E-state index contributed by atoms with van der Waals surface area (Å²) in [6.45, 7) is 11.5. The maximum Gasteiger partial charge on any atom is 0.224 e. The van der Waals surface area contributed by atoms with Crippen LogP contribution in [0, 0.1) is 30.3 Å². The van der Waals surface area contributed by atoms with Crippen molar-refractivity contribution >= 4 is 34.2 Å². The quantitative estimate of drug-likeness (QED) is 0.667. The minimum absolute atomic E-state index is 0.0464. The topological polar surface area (TPSA) is 46.9 Å². The van der Waals surface area contributed by atoms with Gasteiger partial charge in [-0.2, -0.15) is 5.10 Å². The molecule has 1 N–H and O–H groups in total. The van der Waals surface area contributed by atoms with Crippen LogP contribution in [0.1, 0.15) is 42.8 Å². The fraction of sp³-hybridized carbons (Fsp3) is 0.474. The second-order valence-electron chi connectivity index (χ2n) is 6.74. The van der Waals surface area contributed by atoms with Crippen LogP contribution in [0.3, 0.4) is 0 Å². The molecule has 0 atom stereocenters. The van der Waals surface area contributed by atoms with E-state index < -0.39 is 0 Å². The molecule has 4 nitrogen and oxygen atoms in total. The number of halogens is 1. The molecule has 2 rings (SSSR count). The Bertz CT molecular complexity index is 734. The fourth-order valence-electron chi connectivity index (χ4n) is 2.75. The van der Waals surface area contributed by atoms with Gasteiger partial charge in [0.05, 0.1) is 5.69 Å². The van der Waals surface area contributed by atoms with Crippen LogP contribution in [0.4, 0.5) is 5.69 Å². The van der Waals surface area contributed by atoms with E-state index in [0.717, 1.165) is 27.9 Å². The minimum atomic E-state index is 0.0464. The number of carbonyl (C=O) groups is 1. The first-order valence-corrected chi connectivity index (χ1v) is 9.44. The Hall–Kier alpha value is -1.37. The molecule has 0 unspecified atom stereocenters. The molecule has 0 radical (unpaired) electrons. The molecule has 0 fully saturated rings. The van der Waals surface area contributed by atoms with Crippen molar-refractivity contribution in [3.8, 4) is 0 Å². The summed E-state index contributed by atoms with van der Waals surface area (Å²) in [5, 5.41) is 7.60. The lowest BCUT2D eigenvalue weighted by Gasteiger charge is -2.09. The number of rotatable bonds is 6. The SMILES string of the molecule is Cc1ccc(NC(=O)CCc2c(C)nn(CC(C)C)c2C)cc1I. The number of aromatic nitrogens is 2. The molecule has 5 heteroatoms. The second kappa shape index (κ2) is 8.14. The lowest BCUT2D eigenvalue weighted by molar-refractivity contribution is -0.116. The summed E-state index contributed by atoms with van der Waals surface area (Å²) in [6, 6.07) is 5.99. The maximum atomic E-state index is 12.2. The van der Waals surface area contributed by atoms with Gasteiger partial charge >= 0.3 is 0 Å². The van der Waals surface area contributed by atoms with E-state index in [9.17, 15) is 4.79 Å². The fourth-order valence-corrected chi connectivity index (χ4v) is 3.27. The Labute approximate surface area is 158 Å². The molecule has 0 aliphatic carbocycles. The lowest BCUT2D eigenvalue weighted by Crippen LogP contribution is -2.13. The summed E-state index contributed by atoms with van der Waals surface area (Å²) < 4.78 is 3.22. The smallest absolute Gasteiger partial charge is 0.224 e. The summed E-state index contributed by atoms with van der Waals surface area (Å²) in [6.07, 6.45) is 1.20. The highest BCUT2D eigenvalue weighted by atomic mass is 127. The van der Waals surface area contributed by atoms with Gasteiger partial charge in [-0.15, -0.1) is 0 Å². The predicted octanol–water partition coefficient (Wildman–Crippen LogP) is 4.64. The van der Waals surface area contributed by atoms with Crippen LogP contribution in [0.15, 0.2) is 18.2 Å². The highest BCUT2D eigenvalue weighted by molar-refractivity contribution is 14.1. The van der Waals surface area contributed by atoms with Crippen molar-refractivity contribution in [3.63, 3.8) is 0 Å². The van der Waals surface area contributed by atoms with Gasteiger partial charge in [0.2, 0.25) is 5.91 Å². The molecular formula is C19H26IN3O. The summed E-state index contributed by atoms with van der Waals surface area (Å²) in [5.41, 5.74) is 5.49. The predicted molar refractivity (Wildman–Crippen MR) is 107 cm³/mol. The summed E-state index contributed by atoms with van der Waals surface area (Å²) in [4.78, 5) is 12.2. The number of nitrogens with zero attached hydrogens (tertiary/aromatic N) is 2. The number of nitrogens with one attached hydrogen (secondary N) is 1. The normalized spacial score (nSPS) is 11.1. The number of carbonyl (C=O) groups excluding carboxylic acids is 1. The largest absolute Gasteiger partial charge is 0.326 e. The molecule has 0 aliphatic rings. The zero-order valence-electron chi connectivity index (χ0n) is 15.1. The minimum Gasteiger partial charge on any atom is -0.326 e. The standard InChI is InChI=1S/C19H26IN3O/c1-12(2)11-23-15(5)17(14(4)22-23)8-9-19(24)21-16-7-6-13(3)18(20)10-16/h6-7,10,12H,8-9,11H2,1-5H3,(H,21,24). The lowest BCUT2D eigenvalue weighted by atomic mass is 10.1. The molecule has 130 valence electrons. The first-order chi connectivity index (χ1) is 11.3. The molecule has 2 aromatic rings. The molecule has 0 aliphatic heterocycles. The van der Waals surface area contributed by atoms with Crippen LogP contribution in [0.25, 0.3) is 0 Å². The highest BCUT2D eigenvalue weighted by Crippen LogP contribution is 2.19. The molecule has 1 aromatic carbocycles. The van der Waals surface area contributed by atoms with Crippen LogP contribution in [0.2, 0.25) is 0 Å². The maximum absolute atomic E-state index is 12.2. The molecule has 0 bridgehead atoms. The molecule has 1 aromatic heterocycles. The first-order valence-electron chi connectivity index (χ1n) is 8.36. The average Bonchev–Trinajstić information content (AvgIpc) is 2.74. The first kappa shape index (κ1) is 19.0. The Morgan fingerprint density at radius 1 is 1.29 bits per heavy atom. The van der Waals surface area contributed by atoms with Crippen molar-refractivity contribution in [1.82, 2.24) is 9.78 Å². The molecule has 0 saturated heterocycles. The molecule has 0 spiro atoms. The number of benzene rings is 1. The van der Waals surface area contributed by atoms with Gasteiger partial charge in [-0.25, -0.2) is 0 Å². The Morgan fingerprint density at radius 3 is 2.62 bits per heavy atom. The third-order valence-electron chi connectivity index (χ3n) is 4.13. The van der Waals surface area contributed by atoms with E-state index in [0.29, 0.717) is 12.3 Å². The second-order valence-corrected chi connectivity index (χ2v) is 7.90. The van der Waals surface area contributed by atoms with Crippen LogP contribution in [0.5, 0.6) is 0 Å². The van der Waals surface area contributed by atoms with Crippen molar-refractivity contribution in [2.45, 2.75) is 54.0 Å². The monoisotopic (exact) mass is 439 g/mol. The van der Waals surface area contributed by atoms with Crippen LogP contribution in [-0.2, 0) is 17.8 Å². The highest BCUT2D eigenvalue weighted by Gasteiger charge is 2.14. The zero-order chi connectivity index (χ0) is 17.9. The van der Waals surface area contributed by atoms with Gasteiger partial charge in [0.15, 0.2) is 0 Å². The third-order valence-corrected chi connectivity index (χ3v) is 5.29. The van der Waals surface area contributed by atoms with Gasteiger partial charge in [-0.05, 0) is 79.0 Å². The van der Waals surface area contributed by atoms with Crippen LogP contribution < -0.4 is 5.32 Å².